The van der Waals surface area contributed by atoms with Gasteiger partial charge >= 0.3 is 6.09 Å². The Morgan fingerprint density at radius 1 is 1.46 bits per heavy atom. The molecule has 0 bridgehead atoms. The Kier molecular flexibility index (Phi) is 3.57. The number of anilines is 1. The number of pyridine rings is 1. The summed E-state index contributed by atoms with van der Waals surface area (Å²) in [7, 11) is 0. The van der Waals surface area contributed by atoms with Crippen LogP contribution in [0.3, 0.4) is 0 Å². The van der Waals surface area contributed by atoms with Crippen LogP contribution in [-0.2, 0) is 11.3 Å². The van der Waals surface area contributed by atoms with Crippen LogP contribution in [-0.4, -0.2) is 21.8 Å². The first-order valence-electron chi connectivity index (χ1n) is 8.27. The molecule has 1 aromatic heterocycles. The first-order chi connectivity index (χ1) is 11.5. The molecule has 1 unspecified atom stereocenters. The maximum atomic E-state index is 11.3. The average Bonchev–Trinajstić information content (AvgIpc) is 2.49. The van der Waals surface area contributed by atoms with Gasteiger partial charge in [0.25, 0.3) is 0 Å². The normalized spacial score (nSPS) is 26.3. The number of aromatic nitrogens is 1. The molecule has 1 aliphatic heterocycles. The van der Waals surface area contributed by atoms with Crippen molar-refractivity contribution in [2.45, 2.75) is 44.8 Å². The number of hydrogen-bond acceptors (Lipinski definition) is 5. The summed E-state index contributed by atoms with van der Waals surface area (Å²) in [6, 6.07) is 1.75. The Bertz CT molecular complexity index is 747. The predicted molar refractivity (Wildman–Crippen MR) is 87.4 cm³/mol. The van der Waals surface area contributed by atoms with Crippen LogP contribution < -0.4 is 10.1 Å². The zero-order valence-corrected chi connectivity index (χ0v) is 13.5. The Morgan fingerprint density at radius 2 is 2.29 bits per heavy atom. The second-order valence-electron chi connectivity index (χ2n) is 6.75. The van der Waals surface area contributed by atoms with Crippen LogP contribution in [0.25, 0.3) is 0 Å². The van der Waals surface area contributed by atoms with Gasteiger partial charge in [-0.3, -0.25) is 5.32 Å². The number of nitrogens with one attached hydrogen (secondary N) is 1. The third-order valence-electron chi connectivity index (χ3n) is 4.97. The van der Waals surface area contributed by atoms with Crippen molar-refractivity contribution in [1.82, 2.24) is 4.98 Å². The number of fused-ring (bicyclic) bond motifs is 1. The molecule has 1 amide bonds. The van der Waals surface area contributed by atoms with Gasteiger partial charge in [0.2, 0.25) is 0 Å². The zero-order chi connectivity index (χ0) is 16.7. The van der Waals surface area contributed by atoms with Gasteiger partial charge in [-0.2, -0.15) is 0 Å². The second-order valence-corrected chi connectivity index (χ2v) is 6.75. The van der Waals surface area contributed by atoms with Crippen molar-refractivity contribution >= 4 is 11.9 Å². The third-order valence-corrected chi connectivity index (χ3v) is 4.97. The number of ether oxygens (including phenoxy) is 2. The first-order valence-corrected chi connectivity index (χ1v) is 8.27. The molecule has 4 rings (SSSR count). The van der Waals surface area contributed by atoms with E-state index in [1.807, 2.05) is 19.1 Å². The van der Waals surface area contributed by atoms with Crippen molar-refractivity contribution in [2.75, 3.05) is 5.32 Å². The molecule has 0 radical (unpaired) electrons. The number of aliphatic hydroxyl groups is 1. The number of allylic oxidation sites excluding steroid dienone is 1. The van der Waals surface area contributed by atoms with Crippen molar-refractivity contribution in [3.05, 3.63) is 41.3 Å². The minimum atomic E-state index is -0.799. The minimum Gasteiger partial charge on any atom is -0.457 e. The summed E-state index contributed by atoms with van der Waals surface area (Å²) in [6.07, 6.45) is 8.94. The van der Waals surface area contributed by atoms with Crippen LogP contribution in [0.15, 0.2) is 35.7 Å². The van der Waals surface area contributed by atoms with E-state index in [4.69, 9.17) is 9.47 Å². The number of carbonyl (C=O) groups is 1. The lowest BCUT2D eigenvalue weighted by molar-refractivity contribution is 0.0771. The van der Waals surface area contributed by atoms with Crippen molar-refractivity contribution in [2.24, 2.45) is 5.92 Å². The lowest BCUT2D eigenvalue weighted by Crippen LogP contribution is -2.35. The van der Waals surface area contributed by atoms with Crippen molar-refractivity contribution in [3.8, 4) is 5.75 Å². The molecule has 1 saturated carbocycles. The highest BCUT2D eigenvalue weighted by Gasteiger charge is 2.36. The molecule has 0 saturated heterocycles. The van der Waals surface area contributed by atoms with E-state index in [-0.39, 0.29) is 6.61 Å². The predicted octanol–water partition coefficient (Wildman–Crippen LogP) is 3.29. The summed E-state index contributed by atoms with van der Waals surface area (Å²) in [5, 5.41) is 13.2. The monoisotopic (exact) mass is 328 g/mol. The molecule has 24 heavy (non-hydrogen) atoms. The topological polar surface area (TPSA) is 80.7 Å². The molecule has 3 aliphatic rings. The Balaban J connectivity index is 1.60. The Labute approximate surface area is 140 Å². The molecule has 2 aliphatic carbocycles. The number of cyclic esters (lactones) is 1. The largest absolute Gasteiger partial charge is 0.457 e. The highest BCUT2D eigenvalue weighted by molar-refractivity contribution is 5.86. The van der Waals surface area contributed by atoms with Gasteiger partial charge in [-0.15, -0.1) is 0 Å². The highest BCUT2D eigenvalue weighted by atomic mass is 16.6. The van der Waals surface area contributed by atoms with Crippen molar-refractivity contribution in [1.29, 1.82) is 0 Å². The minimum absolute atomic E-state index is 0.133. The molecule has 6 heteroatoms. The van der Waals surface area contributed by atoms with E-state index in [0.29, 0.717) is 35.2 Å². The van der Waals surface area contributed by atoms with Gasteiger partial charge in [-0.1, -0.05) is 6.42 Å². The quantitative estimate of drug-likeness (QED) is 0.890. The molecule has 1 fully saturated rings. The third kappa shape index (κ3) is 2.67. The van der Waals surface area contributed by atoms with Gasteiger partial charge < -0.3 is 14.6 Å². The van der Waals surface area contributed by atoms with Gasteiger partial charge in [-0.25, -0.2) is 9.78 Å². The summed E-state index contributed by atoms with van der Waals surface area (Å²) in [4.78, 5) is 15.4. The smallest absolute Gasteiger partial charge is 0.413 e. The van der Waals surface area contributed by atoms with Gasteiger partial charge in [0.05, 0.1) is 11.2 Å². The number of hydrogen-bond donors (Lipinski definition) is 2. The van der Waals surface area contributed by atoms with Crippen LogP contribution >= 0.6 is 0 Å². The maximum Gasteiger partial charge on any atom is 0.413 e. The zero-order valence-electron chi connectivity index (χ0n) is 13.5. The van der Waals surface area contributed by atoms with Crippen molar-refractivity contribution < 1.29 is 19.4 Å². The molecule has 1 atom stereocenters. The molecule has 0 spiro atoms. The lowest BCUT2D eigenvalue weighted by atomic mass is 9.71. The second kappa shape index (κ2) is 5.63. The molecule has 6 nitrogen and oxygen atoms in total. The molecule has 1 aromatic rings. The number of nitrogens with zero attached hydrogens (tertiary/aromatic N) is 1. The van der Waals surface area contributed by atoms with Gasteiger partial charge in [0.1, 0.15) is 23.9 Å². The fraction of sp³-hybridized carbons (Fsp3) is 0.444. The standard InChI is InChI=1S/C18H20N2O4/c1-18(22)7-5-12(9-14(18)11-3-2-4-11)24-15-6-8-19-16-13(15)10-23-17(21)20-16/h5-6,8-9,11,22H,2-4,7,10H2,1H3,(H,19,20,21). The van der Waals surface area contributed by atoms with Crippen LogP contribution in [0.4, 0.5) is 10.6 Å². The van der Waals surface area contributed by atoms with Crippen LogP contribution in [0.2, 0.25) is 0 Å². The van der Waals surface area contributed by atoms with E-state index in [9.17, 15) is 9.90 Å². The molecule has 0 aromatic carbocycles. The Morgan fingerprint density at radius 3 is 3.04 bits per heavy atom. The van der Waals surface area contributed by atoms with E-state index in [2.05, 4.69) is 10.3 Å². The van der Waals surface area contributed by atoms with Crippen LogP contribution in [0, 0.1) is 5.92 Å². The maximum absolute atomic E-state index is 11.3. The highest BCUT2D eigenvalue weighted by Crippen LogP contribution is 2.42. The SMILES string of the molecule is CC1(O)CC=C(Oc2ccnc3c2COC(=O)N3)C=C1C1CCC1. The molecule has 2 N–H and O–H groups in total. The fourth-order valence-corrected chi connectivity index (χ4v) is 3.35. The van der Waals surface area contributed by atoms with Crippen LogP contribution in [0.1, 0.15) is 38.2 Å². The summed E-state index contributed by atoms with van der Waals surface area (Å²) in [6.45, 7) is 2.00. The van der Waals surface area contributed by atoms with E-state index in [1.165, 1.54) is 6.42 Å². The fourth-order valence-electron chi connectivity index (χ4n) is 3.35. The number of rotatable bonds is 3. The van der Waals surface area contributed by atoms with E-state index in [1.54, 1.807) is 12.3 Å². The van der Waals surface area contributed by atoms with E-state index < -0.39 is 11.7 Å². The van der Waals surface area contributed by atoms with E-state index in [0.717, 1.165) is 18.4 Å². The van der Waals surface area contributed by atoms with Crippen LogP contribution in [0.5, 0.6) is 5.75 Å². The number of amides is 1. The lowest BCUT2D eigenvalue weighted by Gasteiger charge is -2.38. The summed E-state index contributed by atoms with van der Waals surface area (Å²) < 4.78 is 11.0. The van der Waals surface area contributed by atoms with Gasteiger partial charge in [0, 0.05) is 12.6 Å². The molecular formula is C18H20N2O4. The first kappa shape index (κ1) is 15.2. The average molecular weight is 328 g/mol. The Hall–Kier alpha value is -2.34. The molecule has 126 valence electrons. The van der Waals surface area contributed by atoms with E-state index >= 15 is 0 Å². The van der Waals surface area contributed by atoms with Gasteiger partial charge in [0.15, 0.2) is 0 Å². The summed E-state index contributed by atoms with van der Waals surface area (Å²) >= 11 is 0. The van der Waals surface area contributed by atoms with Crippen molar-refractivity contribution in [3.63, 3.8) is 0 Å². The summed E-state index contributed by atoms with van der Waals surface area (Å²) in [5.74, 6) is 2.24. The molecule has 2 heterocycles. The van der Waals surface area contributed by atoms with Gasteiger partial charge in [-0.05, 0) is 49.5 Å². The number of carbonyl (C=O) groups excluding carboxylic acids is 1. The summed E-state index contributed by atoms with van der Waals surface area (Å²) in [5.41, 5.74) is 0.972. The molecular weight excluding hydrogens is 308 g/mol.